The Morgan fingerprint density at radius 3 is 2.94 bits per heavy atom. The number of nitrogens with zero attached hydrogens (tertiary/aromatic N) is 2. The molecular formula is C14H21N3S. The molecule has 1 atom stereocenters. The van der Waals surface area contributed by atoms with Gasteiger partial charge in [-0.3, -0.25) is 4.68 Å². The van der Waals surface area contributed by atoms with Crippen molar-refractivity contribution in [3.05, 3.63) is 40.3 Å². The molecule has 0 aliphatic heterocycles. The number of hydrogen-bond acceptors (Lipinski definition) is 3. The predicted octanol–water partition coefficient (Wildman–Crippen LogP) is 3.16. The van der Waals surface area contributed by atoms with Crippen LogP contribution < -0.4 is 5.32 Å². The summed E-state index contributed by atoms with van der Waals surface area (Å²) in [6.07, 6.45) is 5.28. The lowest BCUT2D eigenvalue weighted by molar-refractivity contribution is 0.468. The average Bonchev–Trinajstić information content (AvgIpc) is 3.01. The quantitative estimate of drug-likeness (QED) is 0.831. The lowest BCUT2D eigenvalue weighted by Crippen LogP contribution is -2.24. The lowest BCUT2D eigenvalue weighted by Gasteiger charge is -2.18. The van der Waals surface area contributed by atoms with Crippen LogP contribution in [-0.4, -0.2) is 16.3 Å². The van der Waals surface area contributed by atoms with E-state index < -0.39 is 0 Å². The second kappa shape index (κ2) is 6.71. The van der Waals surface area contributed by atoms with Crippen molar-refractivity contribution >= 4 is 11.3 Å². The van der Waals surface area contributed by atoms with Gasteiger partial charge in [-0.05, 0) is 54.3 Å². The Kier molecular flexibility index (Phi) is 4.96. The normalized spacial score (nSPS) is 12.8. The van der Waals surface area contributed by atoms with Gasteiger partial charge in [0.25, 0.3) is 0 Å². The van der Waals surface area contributed by atoms with Crippen molar-refractivity contribution in [2.24, 2.45) is 7.05 Å². The van der Waals surface area contributed by atoms with Crippen LogP contribution in [0.15, 0.2) is 29.1 Å². The molecule has 0 saturated carbocycles. The van der Waals surface area contributed by atoms with E-state index in [1.807, 2.05) is 17.9 Å². The Balaban J connectivity index is 1.99. The monoisotopic (exact) mass is 263 g/mol. The molecule has 0 bridgehead atoms. The minimum atomic E-state index is 0.400. The van der Waals surface area contributed by atoms with Gasteiger partial charge in [0.2, 0.25) is 0 Å². The van der Waals surface area contributed by atoms with Crippen LogP contribution in [-0.2, 0) is 13.5 Å². The molecule has 0 aromatic carbocycles. The molecule has 0 aliphatic rings. The van der Waals surface area contributed by atoms with Gasteiger partial charge in [-0.2, -0.15) is 16.4 Å². The Bertz CT molecular complexity index is 447. The molecule has 98 valence electrons. The summed E-state index contributed by atoms with van der Waals surface area (Å²) in [7, 11) is 2.01. The van der Waals surface area contributed by atoms with Gasteiger partial charge in [0.1, 0.15) is 0 Å². The molecule has 3 nitrogen and oxygen atoms in total. The number of hydrogen-bond donors (Lipinski definition) is 1. The van der Waals surface area contributed by atoms with Crippen molar-refractivity contribution in [1.82, 2.24) is 15.1 Å². The first-order valence-corrected chi connectivity index (χ1v) is 7.48. The van der Waals surface area contributed by atoms with Crippen LogP contribution in [0.4, 0.5) is 0 Å². The molecule has 0 fully saturated rings. The zero-order valence-electron chi connectivity index (χ0n) is 11.1. The van der Waals surface area contributed by atoms with E-state index in [4.69, 9.17) is 0 Å². The molecular weight excluding hydrogens is 242 g/mol. The van der Waals surface area contributed by atoms with Gasteiger partial charge in [-0.25, -0.2) is 0 Å². The van der Waals surface area contributed by atoms with E-state index in [-0.39, 0.29) is 0 Å². The second-order valence-corrected chi connectivity index (χ2v) is 5.34. The zero-order valence-corrected chi connectivity index (χ0v) is 11.9. The minimum Gasteiger partial charge on any atom is -0.309 e. The summed E-state index contributed by atoms with van der Waals surface area (Å²) in [4.78, 5) is 0. The van der Waals surface area contributed by atoms with Crippen molar-refractivity contribution < 1.29 is 0 Å². The average molecular weight is 263 g/mol. The highest BCUT2D eigenvalue weighted by Crippen LogP contribution is 2.19. The van der Waals surface area contributed by atoms with Gasteiger partial charge in [0.05, 0.1) is 5.69 Å². The molecule has 2 aromatic heterocycles. The number of rotatable bonds is 7. The largest absolute Gasteiger partial charge is 0.309 e. The van der Waals surface area contributed by atoms with Crippen molar-refractivity contribution in [3.63, 3.8) is 0 Å². The standard InChI is InChI=1S/C14H21N3S/c1-3-8-15-13(14-6-9-16-17(14)2)5-4-12-7-10-18-11-12/h6-7,9-11,13,15H,3-5,8H2,1-2H3. The van der Waals surface area contributed by atoms with Gasteiger partial charge in [-0.1, -0.05) is 6.92 Å². The third-order valence-corrected chi connectivity index (χ3v) is 3.89. The summed E-state index contributed by atoms with van der Waals surface area (Å²) in [5.41, 5.74) is 2.71. The minimum absolute atomic E-state index is 0.400. The van der Waals surface area contributed by atoms with E-state index in [0.717, 1.165) is 25.8 Å². The molecule has 0 radical (unpaired) electrons. The van der Waals surface area contributed by atoms with Crippen LogP contribution in [0.2, 0.25) is 0 Å². The van der Waals surface area contributed by atoms with Crippen molar-refractivity contribution in [2.45, 2.75) is 32.2 Å². The van der Waals surface area contributed by atoms with E-state index >= 15 is 0 Å². The third-order valence-electron chi connectivity index (χ3n) is 3.16. The van der Waals surface area contributed by atoms with Gasteiger partial charge in [0.15, 0.2) is 0 Å². The molecule has 2 rings (SSSR count). The van der Waals surface area contributed by atoms with E-state index in [9.17, 15) is 0 Å². The summed E-state index contributed by atoms with van der Waals surface area (Å²) in [6, 6.07) is 4.73. The maximum absolute atomic E-state index is 4.27. The number of aromatic nitrogens is 2. The highest BCUT2D eigenvalue weighted by molar-refractivity contribution is 7.07. The van der Waals surface area contributed by atoms with Crippen LogP contribution in [0.5, 0.6) is 0 Å². The lowest BCUT2D eigenvalue weighted by atomic mass is 10.0. The zero-order chi connectivity index (χ0) is 12.8. The van der Waals surface area contributed by atoms with Gasteiger partial charge in [-0.15, -0.1) is 0 Å². The van der Waals surface area contributed by atoms with Crippen LogP contribution in [0.1, 0.15) is 37.1 Å². The topological polar surface area (TPSA) is 29.9 Å². The highest BCUT2D eigenvalue weighted by Gasteiger charge is 2.14. The van der Waals surface area contributed by atoms with E-state index in [1.54, 1.807) is 11.3 Å². The molecule has 0 amide bonds. The predicted molar refractivity (Wildman–Crippen MR) is 76.9 cm³/mol. The van der Waals surface area contributed by atoms with Crippen molar-refractivity contribution in [1.29, 1.82) is 0 Å². The summed E-state index contributed by atoms with van der Waals surface area (Å²) < 4.78 is 1.97. The summed E-state index contributed by atoms with van der Waals surface area (Å²) in [5.74, 6) is 0. The van der Waals surface area contributed by atoms with Gasteiger partial charge in [0, 0.05) is 19.3 Å². The maximum atomic E-state index is 4.27. The molecule has 0 spiro atoms. The van der Waals surface area contributed by atoms with E-state index in [0.29, 0.717) is 6.04 Å². The fraction of sp³-hybridized carbons (Fsp3) is 0.500. The number of thiophene rings is 1. The van der Waals surface area contributed by atoms with Gasteiger partial charge >= 0.3 is 0 Å². The summed E-state index contributed by atoms with van der Waals surface area (Å²) in [6.45, 7) is 3.26. The molecule has 1 unspecified atom stereocenters. The smallest absolute Gasteiger partial charge is 0.0550 e. The molecule has 18 heavy (non-hydrogen) atoms. The fourth-order valence-electron chi connectivity index (χ4n) is 2.14. The number of nitrogens with one attached hydrogen (secondary N) is 1. The Morgan fingerprint density at radius 1 is 1.44 bits per heavy atom. The summed E-state index contributed by atoms with van der Waals surface area (Å²) in [5, 5.41) is 12.3. The molecule has 2 heterocycles. The first kappa shape index (κ1) is 13.3. The van der Waals surface area contributed by atoms with E-state index in [1.165, 1.54) is 11.3 Å². The fourth-order valence-corrected chi connectivity index (χ4v) is 2.85. The SMILES string of the molecule is CCCNC(CCc1ccsc1)c1ccnn1C. The summed E-state index contributed by atoms with van der Waals surface area (Å²) >= 11 is 1.77. The van der Waals surface area contributed by atoms with Crippen LogP contribution >= 0.6 is 11.3 Å². The third kappa shape index (κ3) is 3.43. The molecule has 1 N–H and O–H groups in total. The first-order chi connectivity index (χ1) is 8.81. The molecule has 0 saturated heterocycles. The van der Waals surface area contributed by atoms with Crippen molar-refractivity contribution in [3.8, 4) is 0 Å². The first-order valence-electron chi connectivity index (χ1n) is 6.53. The van der Waals surface area contributed by atoms with Crippen LogP contribution in [0, 0.1) is 0 Å². The molecule has 4 heteroatoms. The Labute approximate surface area is 113 Å². The molecule has 2 aromatic rings. The second-order valence-electron chi connectivity index (χ2n) is 4.56. The van der Waals surface area contributed by atoms with Crippen LogP contribution in [0.25, 0.3) is 0 Å². The Morgan fingerprint density at radius 2 is 2.33 bits per heavy atom. The number of aryl methyl sites for hydroxylation is 2. The van der Waals surface area contributed by atoms with Crippen molar-refractivity contribution in [2.75, 3.05) is 6.54 Å². The van der Waals surface area contributed by atoms with Crippen LogP contribution in [0.3, 0.4) is 0 Å². The Hall–Kier alpha value is -1.13. The highest BCUT2D eigenvalue weighted by atomic mass is 32.1. The van der Waals surface area contributed by atoms with E-state index in [2.05, 4.69) is 40.2 Å². The maximum Gasteiger partial charge on any atom is 0.0550 e. The van der Waals surface area contributed by atoms with Gasteiger partial charge < -0.3 is 5.32 Å². The molecule has 0 aliphatic carbocycles.